The minimum atomic E-state index is -0.724. The molecule has 1 atom stereocenters. The molecule has 1 aliphatic carbocycles. The number of likely N-dealkylation sites (tertiary alicyclic amines) is 1. The third-order valence-corrected chi connectivity index (χ3v) is 6.99. The molecule has 2 aliphatic rings. The van der Waals surface area contributed by atoms with Crippen LogP contribution in [0.4, 0.5) is 0 Å². The third kappa shape index (κ3) is 4.49. The average Bonchev–Trinajstić information content (AvgIpc) is 3.10. The molecule has 1 unspecified atom stereocenters. The number of ketones is 1. The second kappa shape index (κ2) is 10.3. The molecule has 34 heavy (non-hydrogen) atoms. The van der Waals surface area contributed by atoms with Crippen molar-refractivity contribution in [2.75, 3.05) is 13.7 Å². The molecule has 2 fully saturated rings. The molecular formula is C26H27Cl2NO5. The first kappa shape index (κ1) is 24.4. The van der Waals surface area contributed by atoms with Gasteiger partial charge in [-0.05, 0) is 49.6 Å². The summed E-state index contributed by atoms with van der Waals surface area (Å²) in [5, 5.41) is 11.7. The summed E-state index contributed by atoms with van der Waals surface area (Å²) in [6.07, 6.45) is 4.74. The van der Waals surface area contributed by atoms with Gasteiger partial charge in [-0.2, -0.15) is 0 Å². The van der Waals surface area contributed by atoms with Crippen LogP contribution in [-0.2, 0) is 9.59 Å². The zero-order valence-electron chi connectivity index (χ0n) is 19.1. The average molecular weight is 504 g/mol. The number of hydrogen-bond acceptors (Lipinski definition) is 5. The van der Waals surface area contributed by atoms with E-state index in [1.807, 2.05) is 19.1 Å². The predicted molar refractivity (Wildman–Crippen MR) is 132 cm³/mol. The van der Waals surface area contributed by atoms with Crippen molar-refractivity contribution in [2.24, 2.45) is 0 Å². The SMILES string of the molecule is CCOc1ccc(C2/C(=C(\O)c3cc(Cl)c(OC)c(Cl)c3)C(=O)C(=O)N2C2CCCCC2)cc1. The van der Waals surface area contributed by atoms with Gasteiger partial charge in [-0.15, -0.1) is 0 Å². The maximum absolute atomic E-state index is 13.3. The summed E-state index contributed by atoms with van der Waals surface area (Å²) in [7, 11) is 1.44. The fourth-order valence-electron chi connectivity index (χ4n) is 4.87. The number of aliphatic hydroxyl groups is 1. The molecule has 6 nitrogen and oxygen atoms in total. The van der Waals surface area contributed by atoms with Crippen LogP contribution in [0.5, 0.6) is 11.5 Å². The maximum Gasteiger partial charge on any atom is 0.295 e. The summed E-state index contributed by atoms with van der Waals surface area (Å²) in [6.45, 7) is 2.43. The quantitative estimate of drug-likeness (QED) is 0.290. The van der Waals surface area contributed by atoms with Gasteiger partial charge in [0.2, 0.25) is 0 Å². The van der Waals surface area contributed by atoms with Crippen molar-refractivity contribution in [2.45, 2.75) is 51.1 Å². The Balaban J connectivity index is 1.86. The number of nitrogens with zero attached hydrogens (tertiary/aromatic N) is 1. The number of amides is 1. The van der Waals surface area contributed by atoms with Crippen molar-refractivity contribution >= 4 is 40.7 Å². The van der Waals surface area contributed by atoms with Gasteiger partial charge in [0.05, 0.1) is 35.4 Å². The lowest BCUT2D eigenvalue weighted by molar-refractivity contribution is -0.141. The number of rotatable bonds is 6. The van der Waals surface area contributed by atoms with Crippen molar-refractivity contribution in [3.63, 3.8) is 0 Å². The number of Topliss-reactive ketones (excluding diaryl/α,β-unsaturated/α-hetero) is 1. The van der Waals surface area contributed by atoms with E-state index in [1.165, 1.54) is 19.2 Å². The van der Waals surface area contributed by atoms with Crippen LogP contribution in [-0.4, -0.2) is 41.5 Å². The van der Waals surface area contributed by atoms with Gasteiger partial charge >= 0.3 is 0 Å². The van der Waals surface area contributed by atoms with Gasteiger partial charge in [-0.3, -0.25) is 9.59 Å². The number of halogens is 2. The minimum absolute atomic E-state index is 0.0250. The monoisotopic (exact) mass is 503 g/mol. The normalized spacial score (nSPS) is 20.6. The predicted octanol–water partition coefficient (Wildman–Crippen LogP) is 6.16. The van der Waals surface area contributed by atoms with Gasteiger partial charge in [0, 0.05) is 11.6 Å². The largest absolute Gasteiger partial charge is 0.507 e. The molecule has 0 spiro atoms. The van der Waals surface area contributed by atoms with E-state index in [2.05, 4.69) is 0 Å². The highest BCUT2D eigenvalue weighted by Crippen LogP contribution is 2.44. The summed E-state index contributed by atoms with van der Waals surface area (Å²) in [4.78, 5) is 28.2. The standard InChI is InChI=1S/C26H27Cl2NO5/c1-3-34-18-11-9-15(10-12-18)22-21(23(30)16-13-19(27)25(33-2)20(28)14-16)24(31)26(32)29(22)17-7-5-4-6-8-17/h9-14,17,22,30H,3-8H2,1-2H3/b23-21+. The van der Waals surface area contributed by atoms with Crippen LogP contribution in [0.3, 0.4) is 0 Å². The van der Waals surface area contributed by atoms with Crippen LogP contribution in [0.15, 0.2) is 42.0 Å². The second-order valence-electron chi connectivity index (χ2n) is 8.47. The van der Waals surface area contributed by atoms with E-state index in [4.69, 9.17) is 32.7 Å². The Morgan fingerprint density at radius 3 is 2.24 bits per heavy atom. The van der Waals surface area contributed by atoms with Crippen molar-refractivity contribution in [3.05, 3.63) is 63.1 Å². The lowest BCUT2D eigenvalue weighted by atomic mass is 9.91. The molecule has 1 saturated heterocycles. The molecule has 0 radical (unpaired) electrons. The number of ether oxygens (including phenoxy) is 2. The van der Waals surface area contributed by atoms with Crippen LogP contribution in [0.2, 0.25) is 10.0 Å². The molecule has 2 aromatic carbocycles. The first-order valence-electron chi connectivity index (χ1n) is 11.4. The van der Waals surface area contributed by atoms with Gasteiger partial charge in [-0.25, -0.2) is 0 Å². The highest BCUT2D eigenvalue weighted by atomic mass is 35.5. The topological polar surface area (TPSA) is 76.1 Å². The van der Waals surface area contributed by atoms with E-state index in [-0.39, 0.29) is 38.7 Å². The highest BCUT2D eigenvalue weighted by Gasteiger charge is 2.48. The molecular weight excluding hydrogens is 477 g/mol. The number of aliphatic hydroxyl groups excluding tert-OH is 1. The summed E-state index contributed by atoms with van der Waals surface area (Å²) in [5.74, 6) is -0.676. The molecule has 1 amide bonds. The molecule has 2 aromatic rings. The van der Waals surface area contributed by atoms with Crippen LogP contribution in [0.1, 0.15) is 56.2 Å². The van der Waals surface area contributed by atoms with E-state index in [9.17, 15) is 14.7 Å². The third-order valence-electron chi connectivity index (χ3n) is 6.43. The van der Waals surface area contributed by atoms with Gasteiger partial charge in [0.1, 0.15) is 11.5 Å². The molecule has 0 bridgehead atoms. The van der Waals surface area contributed by atoms with Crippen molar-refractivity contribution < 1.29 is 24.2 Å². The Morgan fingerprint density at radius 2 is 1.68 bits per heavy atom. The van der Waals surface area contributed by atoms with Crippen LogP contribution in [0, 0.1) is 0 Å². The number of hydrogen-bond donors (Lipinski definition) is 1. The summed E-state index contributed by atoms with van der Waals surface area (Å²) >= 11 is 12.6. The van der Waals surface area contributed by atoms with E-state index < -0.39 is 17.7 Å². The van der Waals surface area contributed by atoms with Crippen molar-refractivity contribution in [3.8, 4) is 11.5 Å². The van der Waals surface area contributed by atoms with Crippen LogP contribution < -0.4 is 9.47 Å². The molecule has 1 heterocycles. The summed E-state index contributed by atoms with van der Waals surface area (Å²) < 4.78 is 10.7. The number of carbonyl (C=O) groups excluding carboxylic acids is 2. The zero-order valence-corrected chi connectivity index (χ0v) is 20.7. The number of benzene rings is 2. The Hall–Kier alpha value is -2.70. The van der Waals surface area contributed by atoms with Crippen molar-refractivity contribution in [1.29, 1.82) is 0 Å². The molecule has 4 rings (SSSR count). The van der Waals surface area contributed by atoms with E-state index in [0.29, 0.717) is 12.4 Å². The van der Waals surface area contributed by atoms with Gasteiger partial charge in [-0.1, -0.05) is 54.6 Å². The van der Waals surface area contributed by atoms with E-state index in [1.54, 1.807) is 17.0 Å². The van der Waals surface area contributed by atoms with Gasteiger partial charge in [0.15, 0.2) is 5.75 Å². The molecule has 8 heteroatoms. The Morgan fingerprint density at radius 1 is 1.06 bits per heavy atom. The fourth-order valence-corrected chi connectivity index (χ4v) is 5.51. The first-order chi connectivity index (χ1) is 16.4. The smallest absolute Gasteiger partial charge is 0.295 e. The molecule has 180 valence electrons. The van der Waals surface area contributed by atoms with Gasteiger partial charge in [0.25, 0.3) is 11.7 Å². The molecule has 1 saturated carbocycles. The maximum atomic E-state index is 13.3. The van der Waals surface area contributed by atoms with Crippen LogP contribution >= 0.6 is 23.2 Å². The van der Waals surface area contributed by atoms with E-state index in [0.717, 1.165) is 37.7 Å². The molecule has 0 aromatic heterocycles. The Bertz CT molecular complexity index is 1100. The van der Waals surface area contributed by atoms with Crippen molar-refractivity contribution in [1.82, 2.24) is 4.90 Å². The fraction of sp³-hybridized carbons (Fsp3) is 0.385. The lowest BCUT2D eigenvalue weighted by Gasteiger charge is -2.35. The second-order valence-corrected chi connectivity index (χ2v) is 9.29. The zero-order chi connectivity index (χ0) is 24.4. The first-order valence-corrected chi connectivity index (χ1v) is 12.2. The molecule has 1 N–H and O–H groups in total. The Kier molecular flexibility index (Phi) is 7.39. The highest BCUT2D eigenvalue weighted by molar-refractivity contribution is 6.47. The molecule has 1 aliphatic heterocycles. The summed E-state index contributed by atoms with van der Waals surface area (Å²) in [5.41, 5.74) is 0.992. The number of carbonyl (C=O) groups is 2. The summed E-state index contributed by atoms with van der Waals surface area (Å²) in [6, 6.07) is 9.43. The van der Waals surface area contributed by atoms with Crippen LogP contribution in [0.25, 0.3) is 5.76 Å². The van der Waals surface area contributed by atoms with E-state index >= 15 is 0 Å². The van der Waals surface area contributed by atoms with Gasteiger partial charge < -0.3 is 19.5 Å². The lowest BCUT2D eigenvalue weighted by Crippen LogP contribution is -2.40. The minimum Gasteiger partial charge on any atom is -0.507 e. The Labute approximate surface area is 209 Å². The number of methoxy groups -OCH3 is 1.